The van der Waals surface area contributed by atoms with Gasteiger partial charge in [0.15, 0.2) is 0 Å². The fourth-order valence-electron chi connectivity index (χ4n) is 4.71. The number of hydrogen-bond donors (Lipinski definition) is 3. The molecule has 1 atom stereocenters. The third-order valence-corrected chi connectivity index (χ3v) is 7.33. The standard InChI is InChI=1S/C32H30ClN3O5/c1-20-23(8-5-9-26(20)22-6-3-2-4-7-22)19-41-30-14-29-24(13-27(30)33)17-36-28(32(38)39)10-11-35-31(37)25-12-21(18-40-29)15-34-16-25/h2-9,12-16,28,36H,10-11,17-19H2,1H3,(H,35,37)(H,38,39)/t28-/m0/s1. The number of benzene rings is 3. The Morgan fingerprint density at radius 3 is 2.73 bits per heavy atom. The summed E-state index contributed by atoms with van der Waals surface area (Å²) in [7, 11) is 0. The lowest BCUT2D eigenvalue weighted by atomic mass is 9.97. The summed E-state index contributed by atoms with van der Waals surface area (Å²) in [5.74, 6) is -0.411. The van der Waals surface area contributed by atoms with Crippen LogP contribution in [0.25, 0.3) is 11.1 Å². The first kappa shape index (κ1) is 28.1. The second-order valence-electron chi connectivity index (χ2n) is 9.82. The number of pyridine rings is 1. The van der Waals surface area contributed by atoms with E-state index in [0.717, 1.165) is 22.3 Å². The van der Waals surface area contributed by atoms with Crippen molar-refractivity contribution in [2.75, 3.05) is 6.54 Å². The Morgan fingerprint density at radius 1 is 1.10 bits per heavy atom. The van der Waals surface area contributed by atoms with Crippen molar-refractivity contribution in [1.29, 1.82) is 0 Å². The van der Waals surface area contributed by atoms with Crippen molar-refractivity contribution in [1.82, 2.24) is 15.6 Å². The Labute approximate surface area is 243 Å². The highest BCUT2D eigenvalue weighted by Gasteiger charge is 2.20. The van der Waals surface area contributed by atoms with Crippen molar-refractivity contribution in [2.45, 2.75) is 39.1 Å². The van der Waals surface area contributed by atoms with Gasteiger partial charge in [0.05, 0.1) is 10.6 Å². The van der Waals surface area contributed by atoms with E-state index in [2.05, 4.69) is 40.7 Å². The number of nitrogens with one attached hydrogen (secondary N) is 2. The van der Waals surface area contributed by atoms with E-state index in [-0.39, 0.29) is 32.0 Å². The van der Waals surface area contributed by atoms with Gasteiger partial charge in [-0.3, -0.25) is 14.6 Å². The largest absolute Gasteiger partial charge is 0.488 e. The molecule has 1 aliphatic heterocycles. The van der Waals surface area contributed by atoms with E-state index in [1.165, 1.54) is 6.20 Å². The van der Waals surface area contributed by atoms with Crippen LogP contribution in [-0.2, 0) is 24.6 Å². The Kier molecular flexibility index (Phi) is 8.82. The smallest absolute Gasteiger partial charge is 0.320 e. The Bertz CT molecular complexity index is 1560. The van der Waals surface area contributed by atoms with Crippen LogP contribution >= 0.6 is 11.6 Å². The number of carboxylic acids is 1. The number of carbonyl (C=O) groups is 2. The van der Waals surface area contributed by atoms with E-state index in [1.54, 1.807) is 24.4 Å². The number of fused-ring (bicyclic) bond motifs is 3. The molecule has 210 valence electrons. The van der Waals surface area contributed by atoms with Crippen molar-refractivity contribution in [2.24, 2.45) is 0 Å². The first-order valence-electron chi connectivity index (χ1n) is 13.3. The predicted octanol–water partition coefficient (Wildman–Crippen LogP) is 5.54. The SMILES string of the molecule is Cc1c(COc2cc3c(cc2Cl)CN[C@H](C(=O)O)CCNC(=O)c2cncc(c2)CO3)cccc1-c1ccccc1. The van der Waals surface area contributed by atoms with Crippen LogP contribution in [-0.4, -0.2) is 34.6 Å². The zero-order valence-electron chi connectivity index (χ0n) is 22.5. The van der Waals surface area contributed by atoms with Gasteiger partial charge in [0.2, 0.25) is 0 Å². The summed E-state index contributed by atoms with van der Waals surface area (Å²) in [4.78, 5) is 28.5. The van der Waals surface area contributed by atoms with E-state index < -0.39 is 12.0 Å². The maximum atomic E-state index is 12.5. The van der Waals surface area contributed by atoms with Crippen LogP contribution < -0.4 is 20.1 Å². The number of aromatic nitrogens is 1. The highest BCUT2D eigenvalue weighted by atomic mass is 35.5. The molecule has 0 radical (unpaired) electrons. The average molecular weight is 572 g/mol. The van der Waals surface area contributed by atoms with Crippen LogP contribution in [0.2, 0.25) is 5.02 Å². The molecule has 2 bridgehead atoms. The molecule has 1 amide bonds. The fraction of sp³-hybridized carbons (Fsp3) is 0.219. The van der Waals surface area contributed by atoms with Crippen LogP contribution in [0.15, 0.2) is 79.1 Å². The van der Waals surface area contributed by atoms with Gasteiger partial charge in [-0.05, 0) is 47.7 Å². The number of nitrogens with zero attached hydrogens (tertiary/aromatic N) is 1. The maximum Gasteiger partial charge on any atom is 0.320 e. The molecule has 1 aliphatic rings. The lowest BCUT2D eigenvalue weighted by Crippen LogP contribution is -2.39. The molecule has 4 aromatic rings. The molecule has 1 aromatic heterocycles. The van der Waals surface area contributed by atoms with Crippen molar-refractivity contribution >= 4 is 23.5 Å². The number of rotatable bonds is 5. The molecule has 0 spiro atoms. The quantitative estimate of drug-likeness (QED) is 0.288. The zero-order valence-corrected chi connectivity index (χ0v) is 23.3. The van der Waals surface area contributed by atoms with Gasteiger partial charge in [0.1, 0.15) is 30.8 Å². The molecule has 2 heterocycles. The number of amides is 1. The summed E-state index contributed by atoms with van der Waals surface area (Å²) in [5, 5.41) is 15.9. The Morgan fingerprint density at radius 2 is 1.93 bits per heavy atom. The molecular formula is C32H30ClN3O5. The summed E-state index contributed by atoms with van der Waals surface area (Å²) in [6.07, 6.45) is 3.30. The number of carbonyl (C=O) groups excluding carboxylic acids is 1. The number of carboxylic acid groups (broad SMARTS) is 1. The predicted molar refractivity (Wildman–Crippen MR) is 156 cm³/mol. The molecule has 0 aliphatic carbocycles. The molecule has 3 aromatic carbocycles. The van der Waals surface area contributed by atoms with E-state index in [4.69, 9.17) is 21.1 Å². The molecule has 8 nitrogen and oxygen atoms in total. The van der Waals surface area contributed by atoms with Gasteiger partial charge in [0.25, 0.3) is 5.91 Å². The summed E-state index contributed by atoms with van der Waals surface area (Å²) >= 11 is 6.65. The van der Waals surface area contributed by atoms with Gasteiger partial charge in [0, 0.05) is 42.7 Å². The first-order chi connectivity index (χ1) is 19.9. The molecule has 0 fully saturated rings. The Balaban J connectivity index is 1.42. The van der Waals surface area contributed by atoms with Gasteiger partial charge >= 0.3 is 5.97 Å². The lowest BCUT2D eigenvalue weighted by molar-refractivity contribution is -0.139. The topological polar surface area (TPSA) is 110 Å². The van der Waals surface area contributed by atoms with Gasteiger partial charge in [-0.15, -0.1) is 0 Å². The third kappa shape index (κ3) is 6.85. The molecule has 3 N–H and O–H groups in total. The highest BCUT2D eigenvalue weighted by molar-refractivity contribution is 6.32. The lowest BCUT2D eigenvalue weighted by Gasteiger charge is -2.20. The Hall–Kier alpha value is -4.40. The van der Waals surface area contributed by atoms with Gasteiger partial charge in [-0.1, -0.05) is 60.1 Å². The average Bonchev–Trinajstić information content (AvgIpc) is 2.98. The monoisotopic (exact) mass is 571 g/mol. The summed E-state index contributed by atoms with van der Waals surface area (Å²) in [5.41, 5.74) is 6.17. The fourth-order valence-corrected chi connectivity index (χ4v) is 4.96. The molecule has 9 heteroatoms. The van der Waals surface area contributed by atoms with Gasteiger partial charge in [-0.25, -0.2) is 0 Å². The van der Waals surface area contributed by atoms with Crippen LogP contribution in [0.4, 0.5) is 0 Å². The molecule has 5 rings (SSSR count). The number of aliphatic carboxylic acids is 1. The number of hydrogen-bond acceptors (Lipinski definition) is 6. The number of halogens is 1. The second kappa shape index (κ2) is 12.8. The third-order valence-electron chi connectivity index (χ3n) is 7.04. The molecule has 0 saturated heterocycles. The maximum absolute atomic E-state index is 12.5. The summed E-state index contributed by atoms with van der Waals surface area (Å²) < 4.78 is 12.3. The summed E-state index contributed by atoms with van der Waals surface area (Å²) in [6.45, 7) is 2.89. The minimum Gasteiger partial charge on any atom is -0.488 e. The van der Waals surface area contributed by atoms with Crippen LogP contribution in [0.5, 0.6) is 11.5 Å². The van der Waals surface area contributed by atoms with E-state index in [0.29, 0.717) is 39.8 Å². The molecular weight excluding hydrogens is 542 g/mol. The molecule has 0 unspecified atom stereocenters. The van der Waals surface area contributed by atoms with Crippen molar-refractivity contribution < 1.29 is 24.2 Å². The van der Waals surface area contributed by atoms with Crippen LogP contribution in [0.1, 0.15) is 39.0 Å². The van der Waals surface area contributed by atoms with Gasteiger partial charge in [-0.2, -0.15) is 0 Å². The highest BCUT2D eigenvalue weighted by Crippen LogP contribution is 2.35. The van der Waals surface area contributed by atoms with Crippen molar-refractivity contribution in [3.63, 3.8) is 0 Å². The van der Waals surface area contributed by atoms with Crippen molar-refractivity contribution in [3.8, 4) is 22.6 Å². The summed E-state index contributed by atoms with van der Waals surface area (Å²) in [6, 6.07) is 20.6. The molecule has 0 saturated carbocycles. The normalized spacial score (nSPS) is 15.6. The van der Waals surface area contributed by atoms with E-state index >= 15 is 0 Å². The van der Waals surface area contributed by atoms with Gasteiger partial charge < -0.3 is 25.2 Å². The van der Waals surface area contributed by atoms with Crippen molar-refractivity contribution in [3.05, 3.63) is 112 Å². The zero-order chi connectivity index (χ0) is 28.8. The van der Waals surface area contributed by atoms with E-state index in [9.17, 15) is 14.7 Å². The van der Waals surface area contributed by atoms with Crippen LogP contribution in [0, 0.1) is 6.92 Å². The minimum atomic E-state index is -1.02. The van der Waals surface area contributed by atoms with Crippen LogP contribution in [0.3, 0.4) is 0 Å². The minimum absolute atomic E-state index is 0.142. The first-order valence-corrected chi connectivity index (χ1v) is 13.7. The van der Waals surface area contributed by atoms with E-state index in [1.807, 2.05) is 30.3 Å². The second-order valence-corrected chi connectivity index (χ2v) is 10.2. The molecule has 41 heavy (non-hydrogen) atoms. The number of ether oxygens (including phenoxy) is 2.